The van der Waals surface area contributed by atoms with Crippen molar-refractivity contribution in [2.24, 2.45) is 5.92 Å². The molecule has 6 nitrogen and oxygen atoms in total. The van der Waals surface area contributed by atoms with Crippen LogP contribution in [-0.4, -0.2) is 41.6 Å². The third-order valence-electron chi connectivity index (χ3n) is 3.06. The van der Waals surface area contributed by atoms with Crippen LogP contribution in [0.1, 0.15) is 34.1 Å². The van der Waals surface area contributed by atoms with Crippen LogP contribution in [0.2, 0.25) is 0 Å². The van der Waals surface area contributed by atoms with E-state index in [4.69, 9.17) is 5.73 Å². The van der Waals surface area contributed by atoms with Crippen molar-refractivity contribution in [2.75, 3.05) is 42.2 Å². The van der Waals surface area contributed by atoms with E-state index in [0.29, 0.717) is 17.8 Å². The molecule has 0 saturated carbocycles. The van der Waals surface area contributed by atoms with Gasteiger partial charge in [-0.05, 0) is 26.2 Å². The number of hydrogen-bond donors (Lipinski definition) is 1. The lowest BCUT2D eigenvalue weighted by Gasteiger charge is -2.22. The molecule has 1 aromatic heterocycles. The highest BCUT2D eigenvalue weighted by molar-refractivity contribution is 5.42. The Bertz CT molecular complexity index is 389. The van der Waals surface area contributed by atoms with E-state index < -0.39 is 0 Å². The molecule has 1 aromatic rings. The summed E-state index contributed by atoms with van der Waals surface area (Å²) in [5, 5.41) is 0. The SMILES string of the molecule is CCN(CC)c1nc(N)nc(N(C)CCC(C)C)n1. The lowest BCUT2D eigenvalue weighted by molar-refractivity contribution is 0.581. The lowest BCUT2D eigenvalue weighted by atomic mass is 10.1. The van der Waals surface area contributed by atoms with Crippen molar-refractivity contribution in [1.82, 2.24) is 15.0 Å². The third kappa shape index (κ3) is 4.54. The van der Waals surface area contributed by atoms with Crippen LogP contribution < -0.4 is 15.5 Å². The molecule has 19 heavy (non-hydrogen) atoms. The van der Waals surface area contributed by atoms with E-state index in [1.54, 1.807) is 0 Å². The highest BCUT2D eigenvalue weighted by Gasteiger charge is 2.12. The Morgan fingerprint density at radius 1 is 1.05 bits per heavy atom. The van der Waals surface area contributed by atoms with Crippen LogP contribution in [0.5, 0.6) is 0 Å². The molecule has 108 valence electrons. The summed E-state index contributed by atoms with van der Waals surface area (Å²) >= 11 is 0. The zero-order valence-electron chi connectivity index (χ0n) is 12.7. The Morgan fingerprint density at radius 3 is 2.16 bits per heavy atom. The van der Waals surface area contributed by atoms with Crippen LogP contribution in [0, 0.1) is 5.92 Å². The van der Waals surface area contributed by atoms with E-state index in [1.165, 1.54) is 0 Å². The van der Waals surface area contributed by atoms with E-state index in [9.17, 15) is 0 Å². The summed E-state index contributed by atoms with van der Waals surface area (Å²) in [5.41, 5.74) is 5.78. The first-order valence-electron chi connectivity index (χ1n) is 6.95. The minimum absolute atomic E-state index is 0.281. The largest absolute Gasteiger partial charge is 0.368 e. The molecule has 0 saturated heterocycles. The van der Waals surface area contributed by atoms with Crippen molar-refractivity contribution in [3.8, 4) is 0 Å². The summed E-state index contributed by atoms with van der Waals surface area (Å²) in [7, 11) is 1.99. The zero-order valence-corrected chi connectivity index (χ0v) is 12.7. The van der Waals surface area contributed by atoms with E-state index in [1.807, 2.05) is 11.9 Å². The Hall–Kier alpha value is -1.59. The lowest BCUT2D eigenvalue weighted by Crippen LogP contribution is -2.28. The minimum atomic E-state index is 0.281. The highest BCUT2D eigenvalue weighted by Crippen LogP contribution is 2.15. The van der Waals surface area contributed by atoms with Crippen LogP contribution in [0.25, 0.3) is 0 Å². The van der Waals surface area contributed by atoms with Crippen LogP contribution in [0.4, 0.5) is 17.8 Å². The zero-order chi connectivity index (χ0) is 14.4. The average molecular weight is 266 g/mol. The van der Waals surface area contributed by atoms with Crippen LogP contribution in [-0.2, 0) is 0 Å². The predicted molar refractivity (Wildman–Crippen MR) is 80.5 cm³/mol. The van der Waals surface area contributed by atoms with Gasteiger partial charge in [-0.3, -0.25) is 0 Å². The van der Waals surface area contributed by atoms with Gasteiger partial charge in [-0.15, -0.1) is 0 Å². The number of nitrogen functional groups attached to an aromatic ring is 1. The van der Waals surface area contributed by atoms with Crippen molar-refractivity contribution >= 4 is 17.8 Å². The monoisotopic (exact) mass is 266 g/mol. The van der Waals surface area contributed by atoms with Gasteiger partial charge in [0.1, 0.15) is 0 Å². The number of aromatic nitrogens is 3. The molecule has 1 rings (SSSR count). The molecular formula is C13H26N6. The minimum Gasteiger partial charge on any atom is -0.368 e. The van der Waals surface area contributed by atoms with Gasteiger partial charge in [0.25, 0.3) is 0 Å². The van der Waals surface area contributed by atoms with Gasteiger partial charge >= 0.3 is 0 Å². The molecule has 2 N–H and O–H groups in total. The topological polar surface area (TPSA) is 71.2 Å². The van der Waals surface area contributed by atoms with E-state index >= 15 is 0 Å². The van der Waals surface area contributed by atoms with Gasteiger partial charge in [-0.25, -0.2) is 0 Å². The molecule has 0 spiro atoms. The summed E-state index contributed by atoms with van der Waals surface area (Å²) < 4.78 is 0. The molecule has 0 aromatic carbocycles. The number of nitrogens with zero attached hydrogens (tertiary/aromatic N) is 5. The van der Waals surface area contributed by atoms with Gasteiger partial charge in [0.2, 0.25) is 17.8 Å². The molecule has 6 heteroatoms. The Morgan fingerprint density at radius 2 is 1.63 bits per heavy atom. The van der Waals surface area contributed by atoms with Crippen molar-refractivity contribution < 1.29 is 0 Å². The molecule has 0 amide bonds. The van der Waals surface area contributed by atoms with Gasteiger partial charge in [0, 0.05) is 26.7 Å². The highest BCUT2D eigenvalue weighted by atomic mass is 15.3. The fourth-order valence-electron chi connectivity index (χ4n) is 1.74. The van der Waals surface area contributed by atoms with Gasteiger partial charge in [-0.2, -0.15) is 15.0 Å². The number of rotatable bonds is 7. The molecule has 0 atom stereocenters. The fourth-order valence-corrected chi connectivity index (χ4v) is 1.74. The third-order valence-corrected chi connectivity index (χ3v) is 3.06. The van der Waals surface area contributed by atoms with Gasteiger partial charge in [0.15, 0.2) is 0 Å². The Balaban J connectivity index is 2.89. The van der Waals surface area contributed by atoms with Gasteiger partial charge in [0.05, 0.1) is 0 Å². The molecule has 0 bridgehead atoms. The molecule has 0 unspecified atom stereocenters. The summed E-state index contributed by atoms with van der Waals surface area (Å²) in [6.07, 6.45) is 1.10. The standard InChI is InChI=1S/C13H26N6/c1-6-19(7-2)13-16-11(14)15-12(17-13)18(5)9-8-10(3)4/h10H,6-9H2,1-5H3,(H2,14,15,16,17). The van der Waals surface area contributed by atoms with Crippen LogP contribution in [0.15, 0.2) is 0 Å². The van der Waals surface area contributed by atoms with E-state index in [-0.39, 0.29) is 5.95 Å². The Labute approximate surface area is 116 Å². The molecule has 0 radical (unpaired) electrons. The fraction of sp³-hybridized carbons (Fsp3) is 0.769. The maximum absolute atomic E-state index is 5.78. The van der Waals surface area contributed by atoms with Crippen LogP contribution >= 0.6 is 0 Å². The molecule has 0 aliphatic heterocycles. The second-order valence-corrected chi connectivity index (χ2v) is 5.07. The summed E-state index contributed by atoms with van der Waals surface area (Å²) in [6.45, 7) is 11.2. The molecule has 1 heterocycles. The van der Waals surface area contributed by atoms with Crippen molar-refractivity contribution in [2.45, 2.75) is 34.1 Å². The second-order valence-electron chi connectivity index (χ2n) is 5.07. The summed E-state index contributed by atoms with van der Waals surface area (Å²) in [4.78, 5) is 17.0. The number of nitrogens with two attached hydrogens (primary N) is 1. The van der Waals surface area contributed by atoms with Crippen molar-refractivity contribution in [1.29, 1.82) is 0 Å². The van der Waals surface area contributed by atoms with Gasteiger partial charge < -0.3 is 15.5 Å². The first kappa shape index (κ1) is 15.5. The first-order chi connectivity index (χ1) is 8.97. The van der Waals surface area contributed by atoms with E-state index in [2.05, 4.69) is 47.5 Å². The predicted octanol–water partition coefficient (Wildman–Crippen LogP) is 1.78. The second kappa shape index (κ2) is 7.11. The van der Waals surface area contributed by atoms with E-state index in [0.717, 1.165) is 26.1 Å². The maximum atomic E-state index is 5.78. The normalized spacial score (nSPS) is 10.8. The molecule has 0 fully saturated rings. The first-order valence-corrected chi connectivity index (χ1v) is 6.95. The van der Waals surface area contributed by atoms with Crippen molar-refractivity contribution in [3.63, 3.8) is 0 Å². The van der Waals surface area contributed by atoms with Crippen molar-refractivity contribution in [3.05, 3.63) is 0 Å². The summed E-state index contributed by atoms with van der Waals surface area (Å²) in [6, 6.07) is 0. The Kier molecular flexibility index (Phi) is 5.79. The maximum Gasteiger partial charge on any atom is 0.231 e. The summed E-state index contributed by atoms with van der Waals surface area (Å²) in [5.74, 6) is 2.24. The smallest absolute Gasteiger partial charge is 0.231 e. The number of hydrogen-bond acceptors (Lipinski definition) is 6. The molecular weight excluding hydrogens is 240 g/mol. The quantitative estimate of drug-likeness (QED) is 0.811. The number of anilines is 3. The average Bonchev–Trinajstić information content (AvgIpc) is 2.36. The van der Waals surface area contributed by atoms with Crippen LogP contribution in [0.3, 0.4) is 0 Å². The van der Waals surface area contributed by atoms with Gasteiger partial charge in [-0.1, -0.05) is 13.8 Å². The molecule has 0 aliphatic carbocycles. The molecule has 0 aliphatic rings.